The van der Waals surface area contributed by atoms with Gasteiger partial charge in [-0.1, -0.05) is 18.2 Å². The van der Waals surface area contributed by atoms with Crippen LogP contribution >= 0.6 is 0 Å². The summed E-state index contributed by atoms with van der Waals surface area (Å²) in [7, 11) is 0. The van der Waals surface area contributed by atoms with Gasteiger partial charge in [-0.05, 0) is 4.86 Å². The fraction of sp³-hybridized carbons (Fsp3) is 0. The van der Waals surface area contributed by atoms with E-state index in [1.165, 1.54) is 0 Å². The first-order valence-electron chi connectivity index (χ1n) is 2.72. The first kappa shape index (κ1) is 9.38. The van der Waals surface area contributed by atoms with Crippen molar-refractivity contribution in [3.05, 3.63) is 35.5 Å². The minimum absolute atomic E-state index is 0. The van der Waals surface area contributed by atoms with Crippen LogP contribution in [0.4, 0.5) is 5.69 Å². The summed E-state index contributed by atoms with van der Waals surface area (Å²) in [6.07, 6.45) is 0. The predicted octanol–water partition coefficient (Wildman–Crippen LogP) is 1.40. The van der Waals surface area contributed by atoms with E-state index in [9.17, 15) is 5.21 Å². The van der Waals surface area contributed by atoms with E-state index in [4.69, 9.17) is 5.21 Å². The molecular weight excluding hydrogens is 146 g/mol. The van der Waals surface area contributed by atoms with Crippen LogP contribution in [-0.4, -0.2) is 10.1 Å². The van der Waals surface area contributed by atoms with Crippen molar-refractivity contribution in [2.24, 2.45) is 5.28 Å². The van der Waals surface area contributed by atoms with Crippen LogP contribution in [0.2, 0.25) is 0 Å². The number of hydrogen-bond acceptors (Lipinski definition) is 2. The average Bonchev–Trinajstić information content (AvgIpc) is 2.05. The van der Waals surface area contributed by atoms with Crippen molar-refractivity contribution in [3.63, 3.8) is 0 Å². The summed E-state index contributed by atoms with van der Waals surface area (Å²) in [5, 5.41) is 21.0. The van der Waals surface area contributed by atoms with Crippen molar-refractivity contribution >= 4 is 5.69 Å². The number of benzene rings is 1. The van der Waals surface area contributed by atoms with Crippen LogP contribution in [0.1, 0.15) is 0 Å². The van der Waals surface area contributed by atoms with Gasteiger partial charge in [-0.25, -0.2) is 0 Å². The van der Waals surface area contributed by atoms with Gasteiger partial charge in [0.2, 0.25) is 11.0 Å². The highest BCUT2D eigenvalue weighted by molar-refractivity contribution is 5.27. The summed E-state index contributed by atoms with van der Waals surface area (Å²) in [5.74, 6) is 0. The smallest absolute Gasteiger partial charge is 0.248 e. The van der Waals surface area contributed by atoms with Crippen molar-refractivity contribution in [3.8, 4) is 0 Å². The maximum atomic E-state index is 10.5. The number of nitrogens with one attached hydrogen (secondary N) is 1. The van der Waals surface area contributed by atoms with Crippen LogP contribution in [0.3, 0.4) is 0 Å². The zero-order valence-electron chi connectivity index (χ0n) is 5.64. The molecule has 5 heteroatoms. The summed E-state index contributed by atoms with van der Waals surface area (Å²) >= 11 is 0. The lowest BCUT2D eigenvalue weighted by molar-refractivity contribution is -0.473. The molecule has 0 aromatic heterocycles. The van der Waals surface area contributed by atoms with E-state index in [0.717, 1.165) is 0 Å². The molecule has 2 N–H and O–H groups in total. The third kappa shape index (κ3) is 2.23. The summed E-state index contributed by atoms with van der Waals surface area (Å²) in [4.78, 5) is 0.139. The normalized spacial score (nSPS) is 10.4. The SMILES string of the molecule is [NH].[O-]/[N+](=N\O)c1ccccc1. The molecule has 0 aliphatic rings. The monoisotopic (exact) mass is 153 g/mol. The van der Waals surface area contributed by atoms with Crippen LogP contribution < -0.4 is 6.15 Å². The standard InChI is InChI=1S/C6H6N2O2.HN/c9-7-8(10)6-4-2-1-3-5-6;/h1-5,9H;1H/b8-7-;. The molecule has 0 bridgehead atoms. The Balaban J connectivity index is 0.000001000. The quantitative estimate of drug-likeness (QED) is 0.375. The molecule has 0 amide bonds. The van der Waals surface area contributed by atoms with E-state index in [1.807, 2.05) is 0 Å². The first-order chi connectivity index (χ1) is 4.84. The lowest BCUT2D eigenvalue weighted by Gasteiger charge is -1.93. The van der Waals surface area contributed by atoms with E-state index in [0.29, 0.717) is 5.69 Å². The lowest BCUT2D eigenvalue weighted by atomic mass is 10.3. The number of rotatable bonds is 1. The second-order valence-electron chi connectivity index (χ2n) is 1.70. The van der Waals surface area contributed by atoms with Crippen LogP contribution in [0.15, 0.2) is 35.6 Å². The highest BCUT2D eigenvalue weighted by Crippen LogP contribution is 2.08. The van der Waals surface area contributed by atoms with Gasteiger partial charge in [-0.15, -0.1) is 0 Å². The van der Waals surface area contributed by atoms with Gasteiger partial charge in [0.15, 0.2) is 0 Å². The van der Waals surface area contributed by atoms with E-state index in [1.54, 1.807) is 30.3 Å². The fourth-order valence-corrected chi connectivity index (χ4v) is 0.607. The zero-order valence-corrected chi connectivity index (χ0v) is 5.64. The zero-order chi connectivity index (χ0) is 7.40. The highest BCUT2D eigenvalue weighted by Gasteiger charge is 1.98. The Morgan fingerprint density at radius 2 is 1.82 bits per heavy atom. The molecule has 58 valence electrons. The van der Waals surface area contributed by atoms with E-state index < -0.39 is 0 Å². The molecule has 1 aromatic carbocycles. The van der Waals surface area contributed by atoms with Gasteiger partial charge in [-0.3, -0.25) is 0 Å². The van der Waals surface area contributed by atoms with Gasteiger partial charge in [0.1, 0.15) is 0 Å². The summed E-state index contributed by atoms with van der Waals surface area (Å²) in [5.41, 5.74) is 0.310. The predicted molar refractivity (Wildman–Crippen MR) is 37.0 cm³/mol. The summed E-state index contributed by atoms with van der Waals surface area (Å²) in [6, 6.07) is 8.24. The van der Waals surface area contributed by atoms with Gasteiger partial charge in [0, 0.05) is 12.1 Å². The second kappa shape index (κ2) is 4.24. The largest absolute Gasteiger partial charge is 0.592 e. The lowest BCUT2D eigenvalue weighted by Crippen LogP contribution is -1.88. The van der Waals surface area contributed by atoms with Gasteiger partial charge in [0.05, 0.1) is 0 Å². The topological polar surface area (TPSA) is 90.7 Å². The summed E-state index contributed by atoms with van der Waals surface area (Å²) < 4.78 is 0. The van der Waals surface area contributed by atoms with Crippen LogP contribution in [-0.2, 0) is 0 Å². The Kier molecular flexibility index (Phi) is 3.61. The van der Waals surface area contributed by atoms with Gasteiger partial charge in [0.25, 0.3) is 0 Å². The molecule has 0 aliphatic heterocycles. The van der Waals surface area contributed by atoms with E-state index >= 15 is 0 Å². The molecule has 0 spiro atoms. The van der Waals surface area contributed by atoms with Gasteiger partial charge < -0.3 is 10.4 Å². The van der Waals surface area contributed by atoms with E-state index in [-0.39, 0.29) is 11.0 Å². The van der Waals surface area contributed by atoms with Crippen molar-refractivity contribution in [2.75, 3.05) is 0 Å². The maximum Gasteiger partial charge on any atom is 0.248 e. The number of para-hydroxylation sites is 1. The Labute approximate surface area is 63.7 Å². The molecule has 2 radical (unpaired) electrons. The second-order valence-corrected chi connectivity index (χ2v) is 1.70. The molecular formula is C6H7N3O2. The Morgan fingerprint density at radius 1 is 1.27 bits per heavy atom. The molecule has 0 fully saturated rings. The third-order valence-electron chi connectivity index (χ3n) is 1.06. The summed E-state index contributed by atoms with van der Waals surface area (Å²) in [6.45, 7) is 0. The van der Waals surface area contributed by atoms with E-state index in [2.05, 4.69) is 5.28 Å². The highest BCUT2D eigenvalue weighted by atomic mass is 16.6. The molecule has 1 aromatic rings. The Bertz CT molecular complexity index is 235. The van der Waals surface area contributed by atoms with Crippen LogP contribution in [0.25, 0.3) is 0 Å². The fourth-order valence-electron chi connectivity index (χ4n) is 0.607. The molecule has 0 atom stereocenters. The molecule has 0 saturated carbocycles. The molecule has 0 saturated heterocycles. The molecule has 1 rings (SSSR count). The van der Waals surface area contributed by atoms with Crippen molar-refractivity contribution in [1.29, 1.82) is 0 Å². The van der Waals surface area contributed by atoms with Crippen molar-refractivity contribution in [1.82, 2.24) is 6.15 Å². The molecule has 5 nitrogen and oxygen atoms in total. The van der Waals surface area contributed by atoms with Gasteiger partial charge in [-0.2, -0.15) is 6.15 Å². The van der Waals surface area contributed by atoms with Crippen LogP contribution in [0.5, 0.6) is 0 Å². The Hall–Kier alpha value is -1.62. The number of nitrogens with zero attached hydrogens (tertiary/aromatic N) is 2. The van der Waals surface area contributed by atoms with Crippen LogP contribution in [0, 0.1) is 5.21 Å². The first-order valence-corrected chi connectivity index (χ1v) is 2.72. The maximum absolute atomic E-state index is 10.5. The molecule has 0 aliphatic carbocycles. The minimum atomic E-state index is 0. The van der Waals surface area contributed by atoms with Gasteiger partial charge >= 0.3 is 0 Å². The Morgan fingerprint density at radius 3 is 2.27 bits per heavy atom. The molecule has 0 heterocycles. The van der Waals surface area contributed by atoms with Crippen molar-refractivity contribution < 1.29 is 10.1 Å². The average molecular weight is 153 g/mol. The number of hydrogen-bond donors (Lipinski definition) is 1. The van der Waals surface area contributed by atoms with Crippen molar-refractivity contribution in [2.45, 2.75) is 0 Å². The minimum Gasteiger partial charge on any atom is -0.592 e. The molecule has 0 unspecified atom stereocenters. The molecule has 11 heavy (non-hydrogen) atoms. The third-order valence-corrected chi connectivity index (χ3v) is 1.06.